The fourth-order valence-corrected chi connectivity index (χ4v) is 6.15. The molecule has 5 rings (SSSR count). The van der Waals surface area contributed by atoms with Crippen molar-refractivity contribution in [3.63, 3.8) is 0 Å². The van der Waals surface area contributed by atoms with E-state index in [1.54, 1.807) is 7.11 Å². The molecule has 2 aliphatic heterocycles. The first-order valence-electron chi connectivity index (χ1n) is 11.5. The third kappa shape index (κ3) is 4.66. The van der Waals surface area contributed by atoms with Crippen LogP contribution in [0, 0.1) is 11.3 Å². The summed E-state index contributed by atoms with van der Waals surface area (Å²) in [7, 11) is 1.72. The van der Waals surface area contributed by atoms with Gasteiger partial charge in [-0.3, -0.25) is 14.6 Å². The number of ether oxygens (including phenoxy) is 1. The summed E-state index contributed by atoms with van der Waals surface area (Å²) in [5.41, 5.74) is 1.59. The SMILES string of the molecule is COc1cccc(CN2CCC3(CC2)CC3C(=O)N2CCN(Cc3cccs3)CC2)c1. The zero-order chi connectivity index (χ0) is 21.3. The van der Waals surface area contributed by atoms with E-state index >= 15 is 0 Å². The molecule has 0 N–H and O–H groups in total. The Morgan fingerprint density at radius 1 is 1.03 bits per heavy atom. The average Bonchev–Trinajstić information content (AvgIpc) is 3.24. The molecule has 0 bridgehead atoms. The van der Waals surface area contributed by atoms with Gasteiger partial charge in [-0.2, -0.15) is 0 Å². The summed E-state index contributed by atoms with van der Waals surface area (Å²) in [6.45, 7) is 7.95. The minimum absolute atomic E-state index is 0.273. The molecule has 3 aliphatic rings. The van der Waals surface area contributed by atoms with Gasteiger partial charge in [0, 0.05) is 50.1 Å². The van der Waals surface area contributed by atoms with Crippen molar-refractivity contribution >= 4 is 17.2 Å². The van der Waals surface area contributed by atoms with Crippen LogP contribution in [-0.4, -0.2) is 67.0 Å². The van der Waals surface area contributed by atoms with E-state index in [1.165, 1.54) is 10.4 Å². The van der Waals surface area contributed by atoms with Crippen molar-refractivity contribution < 1.29 is 9.53 Å². The summed E-state index contributed by atoms with van der Waals surface area (Å²) < 4.78 is 5.35. The minimum atomic E-state index is 0.273. The number of nitrogens with zero attached hydrogens (tertiary/aromatic N) is 3. The lowest BCUT2D eigenvalue weighted by Gasteiger charge is -2.36. The van der Waals surface area contributed by atoms with Gasteiger partial charge in [-0.1, -0.05) is 18.2 Å². The number of hydrogen-bond acceptors (Lipinski definition) is 5. The molecule has 3 heterocycles. The lowest BCUT2D eigenvalue weighted by atomic mass is 9.90. The van der Waals surface area contributed by atoms with E-state index in [9.17, 15) is 4.79 Å². The maximum Gasteiger partial charge on any atom is 0.226 e. The molecule has 1 aromatic heterocycles. The predicted molar refractivity (Wildman–Crippen MR) is 124 cm³/mol. The Kier molecular flexibility index (Phi) is 6.04. The van der Waals surface area contributed by atoms with Gasteiger partial charge in [0.05, 0.1) is 7.11 Å². The number of rotatable bonds is 6. The van der Waals surface area contributed by atoms with Crippen molar-refractivity contribution in [3.05, 3.63) is 52.2 Å². The molecule has 0 radical (unpaired) electrons. The van der Waals surface area contributed by atoms with Crippen molar-refractivity contribution in [3.8, 4) is 5.75 Å². The molecule has 1 aliphatic carbocycles. The standard InChI is InChI=1S/C25H33N3O2S/c1-30-21-5-2-4-20(16-21)18-26-9-7-25(8-10-26)17-23(25)24(29)28-13-11-27(12-14-28)19-22-6-3-15-31-22/h2-6,15-16,23H,7-14,17-19H2,1H3. The van der Waals surface area contributed by atoms with Crippen LogP contribution in [0.2, 0.25) is 0 Å². The van der Waals surface area contributed by atoms with E-state index in [0.29, 0.717) is 5.91 Å². The number of thiophene rings is 1. The number of benzene rings is 1. The van der Waals surface area contributed by atoms with Crippen LogP contribution in [0.4, 0.5) is 0 Å². The van der Waals surface area contributed by atoms with Crippen LogP contribution in [0.5, 0.6) is 5.75 Å². The molecule has 1 spiro atoms. The van der Waals surface area contributed by atoms with Gasteiger partial charge >= 0.3 is 0 Å². The molecule has 1 aromatic carbocycles. The Hall–Kier alpha value is -1.89. The summed E-state index contributed by atoms with van der Waals surface area (Å²) in [6, 6.07) is 12.7. The fraction of sp³-hybridized carbons (Fsp3) is 0.560. The van der Waals surface area contributed by atoms with E-state index < -0.39 is 0 Å². The highest BCUT2D eigenvalue weighted by atomic mass is 32.1. The highest BCUT2D eigenvalue weighted by Gasteiger charge is 2.59. The average molecular weight is 440 g/mol. The first kappa shape index (κ1) is 21.0. The quantitative estimate of drug-likeness (QED) is 0.688. The number of piperidine rings is 1. The maximum atomic E-state index is 13.2. The first-order chi connectivity index (χ1) is 15.1. The molecular formula is C25H33N3O2S. The van der Waals surface area contributed by atoms with Gasteiger partial charge in [0.15, 0.2) is 0 Å². The van der Waals surface area contributed by atoms with Crippen molar-refractivity contribution in [1.82, 2.24) is 14.7 Å². The molecule has 2 saturated heterocycles. The van der Waals surface area contributed by atoms with Gasteiger partial charge in [-0.25, -0.2) is 0 Å². The molecule has 3 fully saturated rings. The number of methoxy groups -OCH3 is 1. The molecule has 2 aromatic rings. The van der Waals surface area contributed by atoms with E-state index in [4.69, 9.17) is 4.74 Å². The first-order valence-corrected chi connectivity index (χ1v) is 12.4. The second kappa shape index (κ2) is 8.93. The lowest BCUT2D eigenvalue weighted by Crippen LogP contribution is -2.49. The molecule has 166 valence electrons. The lowest BCUT2D eigenvalue weighted by molar-refractivity contribution is -0.135. The van der Waals surface area contributed by atoms with Crippen LogP contribution in [0.3, 0.4) is 0 Å². The molecule has 1 atom stereocenters. The van der Waals surface area contributed by atoms with Crippen LogP contribution < -0.4 is 4.74 Å². The van der Waals surface area contributed by atoms with Gasteiger partial charge in [0.25, 0.3) is 0 Å². The number of piperazine rings is 1. The summed E-state index contributed by atoms with van der Waals surface area (Å²) in [6.07, 6.45) is 3.42. The summed E-state index contributed by atoms with van der Waals surface area (Å²) >= 11 is 1.82. The zero-order valence-electron chi connectivity index (χ0n) is 18.5. The highest BCUT2D eigenvalue weighted by Crippen LogP contribution is 2.60. The van der Waals surface area contributed by atoms with Gasteiger partial charge in [0.1, 0.15) is 5.75 Å². The second-order valence-corrected chi connectivity index (χ2v) is 10.5. The van der Waals surface area contributed by atoms with Crippen molar-refractivity contribution in [2.75, 3.05) is 46.4 Å². The van der Waals surface area contributed by atoms with E-state index in [2.05, 4.69) is 50.4 Å². The number of likely N-dealkylation sites (tertiary alicyclic amines) is 1. The Labute approximate surface area is 189 Å². The highest BCUT2D eigenvalue weighted by molar-refractivity contribution is 7.09. The topological polar surface area (TPSA) is 36.0 Å². The summed E-state index contributed by atoms with van der Waals surface area (Å²) in [5.74, 6) is 1.63. The number of amides is 1. The molecule has 1 unspecified atom stereocenters. The Balaban J connectivity index is 1.08. The molecule has 31 heavy (non-hydrogen) atoms. The van der Waals surface area contributed by atoms with Crippen LogP contribution in [-0.2, 0) is 17.9 Å². The Bertz CT molecular complexity index is 884. The second-order valence-electron chi connectivity index (χ2n) is 9.43. The monoisotopic (exact) mass is 439 g/mol. The summed E-state index contributed by atoms with van der Waals surface area (Å²) in [4.78, 5) is 21.8. The number of hydrogen-bond donors (Lipinski definition) is 0. The Morgan fingerprint density at radius 2 is 1.81 bits per heavy atom. The van der Waals surface area contributed by atoms with Crippen molar-refractivity contribution in [2.45, 2.75) is 32.4 Å². The Morgan fingerprint density at radius 3 is 2.52 bits per heavy atom. The van der Waals surface area contributed by atoms with Gasteiger partial charge in [-0.15, -0.1) is 11.3 Å². The normalized spacial score (nSPS) is 23.8. The molecular weight excluding hydrogens is 406 g/mol. The van der Waals surface area contributed by atoms with Crippen LogP contribution in [0.15, 0.2) is 41.8 Å². The third-order valence-corrected chi connectivity index (χ3v) is 8.38. The number of carbonyl (C=O) groups excluding carboxylic acids is 1. The molecule has 1 amide bonds. The van der Waals surface area contributed by atoms with Gasteiger partial charge in [0.2, 0.25) is 5.91 Å². The third-order valence-electron chi connectivity index (χ3n) is 7.52. The van der Waals surface area contributed by atoms with Crippen molar-refractivity contribution in [1.29, 1.82) is 0 Å². The van der Waals surface area contributed by atoms with Gasteiger partial charge in [-0.05, 0) is 66.9 Å². The number of carbonyl (C=O) groups is 1. The van der Waals surface area contributed by atoms with Crippen LogP contribution in [0.1, 0.15) is 29.7 Å². The fourth-order valence-electron chi connectivity index (χ4n) is 5.40. The summed E-state index contributed by atoms with van der Waals surface area (Å²) in [5, 5.41) is 2.14. The zero-order valence-corrected chi connectivity index (χ0v) is 19.3. The molecule has 1 saturated carbocycles. The molecule has 6 heteroatoms. The smallest absolute Gasteiger partial charge is 0.226 e. The molecule has 5 nitrogen and oxygen atoms in total. The van der Waals surface area contributed by atoms with Crippen molar-refractivity contribution in [2.24, 2.45) is 11.3 Å². The van der Waals surface area contributed by atoms with E-state index in [0.717, 1.165) is 77.4 Å². The van der Waals surface area contributed by atoms with Crippen LogP contribution >= 0.6 is 11.3 Å². The van der Waals surface area contributed by atoms with E-state index in [-0.39, 0.29) is 11.3 Å². The predicted octanol–water partition coefficient (Wildman–Crippen LogP) is 3.70. The van der Waals surface area contributed by atoms with E-state index in [1.807, 2.05) is 17.4 Å². The largest absolute Gasteiger partial charge is 0.497 e. The van der Waals surface area contributed by atoms with Gasteiger partial charge < -0.3 is 9.64 Å². The van der Waals surface area contributed by atoms with Crippen LogP contribution in [0.25, 0.3) is 0 Å². The minimum Gasteiger partial charge on any atom is -0.497 e. The maximum absolute atomic E-state index is 13.2.